The number of thiazole rings is 2. The highest BCUT2D eigenvalue weighted by molar-refractivity contribution is 7.16. The van der Waals surface area contributed by atoms with Gasteiger partial charge in [-0.05, 0) is 24.3 Å². The average Bonchev–Trinajstić information content (AvgIpc) is 3.24. The summed E-state index contributed by atoms with van der Waals surface area (Å²) in [4.78, 5) is 45.0. The summed E-state index contributed by atoms with van der Waals surface area (Å²) in [6.07, 6.45) is 0. The smallest absolute Gasteiger partial charge is 0.325 e. The SMILES string of the molecule is COC(=O)Cn1c(=O)sc2ccccc21.COC(=O)Cn1c(=O)sc2ccccc21. The van der Waals surface area contributed by atoms with Gasteiger partial charge in [-0.15, -0.1) is 0 Å². The summed E-state index contributed by atoms with van der Waals surface area (Å²) in [7, 11) is 2.61. The number of carbonyl (C=O) groups is 2. The lowest BCUT2D eigenvalue weighted by molar-refractivity contribution is -0.142. The molecule has 0 fully saturated rings. The van der Waals surface area contributed by atoms with Gasteiger partial charge in [0.2, 0.25) is 0 Å². The maximum Gasteiger partial charge on any atom is 0.325 e. The van der Waals surface area contributed by atoms with Crippen LogP contribution < -0.4 is 9.75 Å². The van der Waals surface area contributed by atoms with Gasteiger partial charge in [0.15, 0.2) is 0 Å². The molecule has 0 unspecified atom stereocenters. The minimum Gasteiger partial charge on any atom is -0.468 e. The zero-order valence-corrected chi connectivity index (χ0v) is 17.8. The van der Waals surface area contributed by atoms with Crippen LogP contribution in [0, 0.1) is 0 Å². The Bertz CT molecular complexity index is 1210. The first-order chi connectivity index (χ1) is 14.4. The minimum atomic E-state index is -0.416. The van der Waals surface area contributed by atoms with E-state index in [4.69, 9.17) is 0 Å². The number of hydrogen-bond acceptors (Lipinski definition) is 8. The van der Waals surface area contributed by atoms with Crippen LogP contribution in [-0.4, -0.2) is 35.3 Å². The van der Waals surface area contributed by atoms with E-state index in [1.807, 2.05) is 48.5 Å². The Morgan fingerprint density at radius 1 is 0.733 bits per heavy atom. The van der Waals surface area contributed by atoms with Crippen molar-refractivity contribution in [3.8, 4) is 0 Å². The summed E-state index contributed by atoms with van der Waals surface area (Å²) in [5.74, 6) is -0.832. The molecule has 8 nitrogen and oxygen atoms in total. The Kier molecular flexibility index (Phi) is 6.80. The molecule has 4 rings (SSSR count). The van der Waals surface area contributed by atoms with Crippen molar-refractivity contribution in [2.24, 2.45) is 0 Å². The van der Waals surface area contributed by atoms with Crippen LogP contribution in [0.5, 0.6) is 0 Å². The molecule has 0 amide bonds. The zero-order chi connectivity index (χ0) is 21.7. The Balaban J connectivity index is 0.000000171. The van der Waals surface area contributed by atoms with Gasteiger partial charge in [0.05, 0.1) is 34.7 Å². The molecule has 30 heavy (non-hydrogen) atoms. The highest BCUT2D eigenvalue weighted by atomic mass is 32.1. The number of fused-ring (bicyclic) bond motifs is 2. The Morgan fingerprint density at radius 2 is 1.10 bits per heavy atom. The third-order valence-electron chi connectivity index (χ3n) is 4.18. The lowest BCUT2D eigenvalue weighted by atomic mass is 10.3. The van der Waals surface area contributed by atoms with Crippen LogP contribution in [0.15, 0.2) is 58.1 Å². The van der Waals surface area contributed by atoms with Crippen LogP contribution in [0.3, 0.4) is 0 Å². The van der Waals surface area contributed by atoms with E-state index in [1.165, 1.54) is 23.4 Å². The molecule has 0 atom stereocenters. The molecule has 10 heteroatoms. The fourth-order valence-corrected chi connectivity index (χ4v) is 4.50. The van der Waals surface area contributed by atoms with Crippen molar-refractivity contribution in [1.82, 2.24) is 9.13 Å². The second-order valence-corrected chi connectivity index (χ2v) is 7.98. The quantitative estimate of drug-likeness (QED) is 0.447. The van der Waals surface area contributed by atoms with Gasteiger partial charge in [0.1, 0.15) is 13.1 Å². The van der Waals surface area contributed by atoms with Gasteiger partial charge >= 0.3 is 21.7 Å². The summed E-state index contributed by atoms with van der Waals surface area (Å²) in [6.45, 7) is -0.0569. The number of ether oxygens (including phenoxy) is 2. The second-order valence-electron chi connectivity index (χ2n) is 6.00. The lowest BCUT2D eigenvalue weighted by Crippen LogP contribution is -2.19. The third kappa shape index (κ3) is 4.66. The molecule has 0 aliphatic heterocycles. The Hall–Kier alpha value is -3.24. The Morgan fingerprint density at radius 3 is 1.47 bits per heavy atom. The van der Waals surface area contributed by atoms with Crippen molar-refractivity contribution >= 4 is 55.0 Å². The number of carbonyl (C=O) groups excluding carboxylic acids is 2. The molecule has 0 bridgehead atoms. The van der Waals surface area contributed by atoms with Crippen molar-refractivity contribution in [2.75, 3.05) is 14.2 Å². The maximum atomic E-state index is 11.6. The van der Waals surface area contributed by atoms with Gasteiger partial charge in [0, 0.05) is 0 Å². The van der Waals surface area contributed by atoms with Gasteiger partial charge in [-0.25, -0.2) is 0 Å². The predicted molar refractivity (Wildman–Crippen MR) is 116 cm³/mol. The fraction of sp³-hybridized carbons (Fsp3) is 0.200. The van der Waals surface area contributed by atoms with Gasteiger partial charge in [0.25, 0.3) is 0 Å². The molecule has 0 N–H and O–H groups in total. The van der Waals surface area contributed by atoms with Gasteiger partial charge < -0.3 is 9.47 Å². The van der Waals surface area contributed by atoms with Crippen LogP contribution in [-0.2, 0) is 32.2 Å². The van der Waals surface area contributed by atoms with Crippen molar-refractivity contribution in [3.05, 3.63) is 67.9 Å². The monoisotopic (exact) mass is 446 g/mol. The van der Waals surface area contributed by atoms with Crippen LogP contribution in [0.2, 0.25) is 0 Å². The summed E-state index contributed by atoms with van der Waals surface area (Å²) < 4.78 is 13.7. The molecule has 2 aromatic carbocycles. The van der Waals surface area contributed by atoms with E-state index in [-0.39, 0.29) is 22.8 Å². The Labute approximate surface area is 178 Å². The van der Waals surface area contributed by atoms with E-state index in [1.54, 1.807) is 0 Å². The lowest BCUT2D eigenvalue weighted by Gasteiger charge is -2.00. The van der Waals surface area contributed by atoms with E-state index in [0.29, 0.717) is 0 Å². The maximum absolute atomic E-state index is 11.6. The first kappa shape index (κ1) is 21.5. The summed E-state index contributed by atoms with van der Waals surface area (Å²) >= 11 is 2.26. The van der Waals surface area contributed by atoms with Crippen molar-refractivity contribution < 1.29 is 19.1 Å². The standard InChI is InChI=1S/2C10H9NO3S/c2*1-14-9(12)6-11-7-4-2-3-5-8(7)15-10(11)13/h2*2-5H,6H2,1H3. The van der Waals surface area contributed by atoms with Gasteiger partial charge in [-0.1, -0.05) is 46.9 Å². The summed E-state index contributed by atoms with van der Waals surface area (Å²) in [6, 6.07) is 14.7. The third-order valence-corrected chi connectivity index (χ3v) is 6.10. The molecule has 2 aromatic heterocycles. The molecule has 0 aliphatic carbocycles. The highest BCUT2D eigenvalue weighted by Gasteiger charge is 2.11. The number of para-hydroxylation sites is 2. The molecular weight excluding hydrogens is 428 g/mol. The average molecular weight is 447 g/mol. The van der Waals surface area contributed by atoms with E-state index in [0.717, 1.165) is 43.1 Å². The van der Waals surface area contributed by atoms with Crippen molar-refractivity contribution in [3.63, 3.8) is 0 Å². The number of rotatable bonds is 4. The van der Waals surface area contributed by atoms with Crippen molar-refractivity contribution in [2.45, 2.75) is 13.1 Å². The first-order valence-electron chi connectivity index (χ1n) is 8.75. The van der Waals surface area contributed by atoms with E-state index >= 15 is 0 Å². The van der Waals surface area contributed by atoms with E-state index in [9.17, 15) is 19.2 Å². The molecule has 0 saturated carbocycles. The highest BCUT2D eigenvalue weighted by Crippen LogP contribution is 2.17. The molecule has 0 saturated heterocycles. The largest absolute Gasteiger partial charge is 0.468 e. The second kappa shape index (κ2) is 9.51. The number of esters is 2. The van der Waals surface area contributed by atoms with Gasteiger partial charge in [-0.3, -0.25) is 28.3 Å². The molecule has 4 aromatic rings. The van der Waals surface area contributed by atoms with Crippen LogP contribution >= 0.6 is 22.7 Å². The molecule has 156 valence electrons. The number of aromatic nitrogens is 2. The molecule has 0 radical (unpaired) electrons. The number of hydrogen-bond donors (Lipinski definition) is 0. The zero-order valence-electron chi connectivity index (χ0n) is 16.2. The number of nitrogens with zero attached hydrogens (tertiary/aromatic N) is 2. The van der Waals surface area contributed by atoms with E-state index in [2.05, 4.69) is 9.47 Å². The van der Waals surface area contributed by atoms with Crippen LogP contribution in [0.1, 0.15) is 0 Å². The molecule has 0 spiro atoms. The normalized spacial score (nSPS) is 10.5. The predicted octanol–water partition coefficient (Wildman–Crippen LogP) is 2.47. The fourth-order valence-electron chi connectivity index (χ4n) is 2.71. The summed E-state index contributed by atoms with van der Waals surface area (Å²) in [5.41, 5.74) is 1.55. The van der Waals surface area contributed by atoms with Crippen molar-refractivity contribution in [1.29, 1.82) is 0 Å². The minimum absolute atomic E-state index is 0.0284. The van der Waals surface area contributed by atoms with Gasteiger partial charge in [-0.2, -0.15) is 0 Å². The van der Waals surface area contributed by atoms with E-state index < -0.39 is 11.9 Å². The molecule has 2 heterocycles. The molecule has 0 aliphatic rings. The molecular formula is C20H18N2O6S2. The number of benzene rings is 2. The van der Waals surface area contributed by atoms with Crippen LogP contribution in [0.4, 0.5) is 0 Å². The number of methoxy groups -OCH3 is 2. The topological polar surface area (TPSA) is 96.6 Å². The first-order valence-corrected chi connectivity index (χ1v) is 10.4. The summed E-state index contributed by atoms with van der Waals surface area (Å²) in [5, 5.41) is 0. The van der Waals surface area contributed by atoms with Crippen LogP contribution in [0.25, 0.3) is 20.4 Å².